The van der Waals surface area contributed by atoms with Crippen molar-refractivity contribution < 1.29 is 0 Å². The molecule has 0 aliphatic carbocycles. The zero-order valence-corrected chi connectivity index (χ0v) is 13.6. The average Bonchev–Trinajstić information content (AvgIpc) is 2.80. The number of hydrogen-bond acceptors (Lipinski definition) is 5. The Labute approximate surface area is 137 Å². The number of aromatic nitrogens is 4. The van der Waals surface area contributed by atoms with Crippen molar-refractivity contribution in [2.75, 3.05) is 11.5 Å². The number of halogens is 1. The lowest BCUT2D eigenvalue weighted by molar-refractivity contribution is 0.777. The third-order valence-electron chi connectivity index (χ3n) is 2.84. The lowest BCUT2D eigenvalue weighted by Gasteiger charge is -2.03. The molecule has 3 N–H and O–H groups in total. The van der Waals surface area contributed by atoms with Crippen LogP contribution in [0.3, 0.4) is 0 Å². The number of fused-ring (bicyclic) bond motifs is 1. The third kappa shape index (κ3) is 3.61. The Kier molecular flexibility index (Phi) is 5.46. The first-order chi connectivity index (χ1) is 10.6. The van der Waals surface area contributed by atoms with Gasteiger partial charge in [0.15, 0.2) is 11.5 Å². The molecule has 116 valence electrons. The number of nitrogens with one attached hydrogen (secondary N) is 1. The minimum absolute atomic E-state index is 0.261. The van der Waals surface area contributed by atoms with Gasteiger partial charge in [-0.15, -0.1) is 0 Å². The van der Waals surface area contributed by atoms with Crippen LogP contribution in [0.2, 0.25) is 5.02 Å². The van der Waals surface area contributed by atoms with Gasteiger partial charge in [-0.05, 0) is 23.4 Å². The normalized spacial score (nSPS) is 10.3. The molecule has 0 amide bonds. The van der Waals surface area contributed by atoms with E-state index in [1.54, 1.807) is 12.1 Å². The van der Waals surface area contributed by atoms with Gasteiger partial charge in [-0.2, -0.15) is 12.6 Å². The zero-order chi connectivity index (χ0) is 16.1. The number of hydrogen-bond donors (Lipinski definition) is 3. The first kappa shape index (κ1) is 16.4. The molecule has 0 aliphatic heterocycles. The zero-order valence-electron chi connectivity index (χ0n) is 12.0. The van der Waals surface area contributed by atoms with E-state index < -0.39 is 0 Å². The second-order valence-corrected chi connectivity index (χ2v) is 5.49. The van der Waals surface area contributed by atoms with Crippen molar-refractivity contribution in [3.8, 4) is 0 Å². The fourth-order valence-corrected chi connectivity index (χ4v) is 2.03. The molecule has 0 fully saturated rings. The van der Waals surface area contributed by atoms with E-state index in [2.05, 4.69) is 27.6 Å². The maximum absolute atomic E-state index is 11.9. The van der Waals surface area contributed by atoms with Crippen LogP contribution in [0.1, 0.15) is 12.5 Å². The van der Waals surface area contributed by atoms with Gasteiger partial charge >= 0.3 is 5.69 Å². The predicted molar refractivity (Wildman–Crippen MR) is 92.6 cm³/mol. The Hall–Kier alpha value is -1.99. The van der Waals surface area contributed by atoms with Crippen molar-refractivity contribution in [3.63, 3.8) is 0 Å². The topological polar surface area (TPSA) is 89.6 Å². The number of rotatable bonds is 2. The Morgan fingerprint density at radius 3 is 2.59 bits per heavy atom. The summed E-state index contributed by atoms with van der Waals surface area (Å²) in [5, 5.41) is 0.654. The summed E-state index contributed by atoms with van der Waals surface area (Å²) >= 11 is 9.62. The molecular weight excluding hydrogens is 322 g/mol. The molecule has 0 radical (unpaired) electrons. The second kappa shape index (κ2) is 7.33. The molecule has 0 spiro atoms. The lowest BCUT2D eigenvalue weighted by Crippen LogP contribution is -2.17. The summed E-state index contributed by atoms with van der Waals surface area (Å²) in [5.41, 5.74) is 7.33. The fourth-order valence-electron chi connectivity index (χ4n) is 1.90. The van der Waals surface area contributed by atoms with E-state index >= 15 is 0 Å². The van der Waals surface area contributed by atoms with Crippen molar-refractivity contribution in [3.05, 3.63) is 51.7 Å². The maximum atomic E-state index is 11.9. The van der Waals surface area contributed by atoms with Crippen LogP contribution in [-0.4, -0.2) is 25.3 Å². The number of aromatic amines is 1. The van der Waals surface area contributed by atoms with Gasteiger partial charge in [-0.3, -0.25) is 4.57 Å². The van der Waals surface area contributed by atoms with E-state index in [0.29, 0.717) is 22.7 Å². The summed E-state index contributed by atoms with van der Waals surface area (Å²) in [6.07, 6.45) is 1.34. The van der Waals surface area contributed by atoms with Crippen LogP contribution < -0.4 is 11.4 Å². The number of benzene rings is 1. The average molecular weight is 338 g/mol. The number of nitrogen functional groups attached to an aromatic ring is 1. The molecule has 0 saturated carbocycles. The number of H-pyrrole nitrogens is 1. The van der Waals surface area contributed by atoms with Gasteiger partial charge in [-0.1, -0.05) is 30.7 Å². The SMILES string of the molecule is CCS.Nc1ncnc2c1[nH]c(=O)n2Cc1ccc(Cl)cc1. The van der Waals surface area contributed by atoms with Crippen LogP contribution in [0.4, 0.5) is 5.82 Å². The number of nitrogens with two attached hydrogens (primary N) is 1. The Morgan fingerprint density at radius 2 is 1.95 bits per heavy atom. The van der Waals surface area contributed by atoms with Gasteiger partial charge in [0.1, 0.15) is 11.8 Å². The Balaban J connectivity index is 0.000000545. The molecule has 0 unspecified atom stereocenters. The second-order valence-electron chi connectivity index (χ2n) is 4.42. The highest BCUT2D eigenvalue weighted by Crippen LogP contribution is 2.14. The minimum atomic E-state index is -0.267. The van der Waals surface area contributed by atoms with Crippen molar-refractivity contribution >= 4 is 41.2 Å². The van der Waals surface area contributed by atoms with E-state index in [9.17, 15) is 4.79 Å². The standard InChI is InChI=1S/C12H10ClN5O.C2H6S/c13-8-3-1-7(2-4-8)5-18-11-9(17-12(18)19)10(14)15-6-16-11;1-2-3/h1-4,6H,5H2,(H,17,19)(H2,14,15,16);3H,2H2,1H3. The number of nitrogens with zero attached hydrogens (tertiary/aromatic N) is 3. The van der Waals surface area contributed by atoms with Crippen molar-refractivity contribution in [1.82, 2.24) is 19.5 Å². The molecule has 6 nitrogen and oxygen atoms in total. The molecular formula is C14H16ClN5OS. The van der Waals surface area contributed by atoms with Crippen molar-refractivity contribution in [2.45, 2.75) is 13.5 Å². The van der Waals surface area contributed by atoms with E-state index in [1.165, 1.54) is 10.9 Å². The number of imidazole rings is 1. The van der Waals surface area contributed by atoms with E-state index in [0.717, 1.165) is 11.3 Å². The summed E-state index contributed by atoms with van der Waals surface area (Å²) < 4.78 is 1.51. The molecule has 8 heteroatoms. The summed E-state index contributed by atoms with van der Waals surface area (Å²) in [5.74, 6) is 1.21. The van der Waals surface area contributed by atoms with Crippen LogP contribution >= 0.6 is 24.2 Å². The summed E-state index contributed by atoms with van der Waals surface area (Å²) in [6, 6.07) is 7.27. The predicted octanol–water partition coefficient (Wildman–Crippen LogP) is 2.34. The van der Waals surface area contributed by atoms with Gasteiger partial charge in [0.2, 0.25) is 0 Å². The van der Waals surface area contributed by atoms with E-state index in [1.807, 2.05) is 19.1 Å². The summed E-state index contributed by atoms with van der Waals surface area (Å²) in [4.78, 5) is 22.5. The minimum Gasteiger partial charge on any atom is -0.382 e. The van der Waals surface area contributed by atoms with Gasteiger partial charge in [-0.25, -0.2) is 14.8 Å². The molecule has 2 heterocycles. The maximum Gasteiger partial charge on any atom is 0.328 e. The third-order valence-corrected chi connectivity index (χ3v) is 3.10. The largest absolute Gasteiger partial charge is 0.382 e. The Morgan fingerprint density at radius 1 is 1.32 bits per heavy atom. The van der Waals surface area contributed by atoms with E-state index in [4.69, 9.17) is 17.3 Å². The van der Waals surface area contributed by atoms with Crippen LogP contribution in [0.5, 0.6) is 0 Å². The highest BCUT2D eigenvalue weighted by Gasteiger charge is 2.11. The quantitative estimate of drug-likeness (QED) is 0.626. The van der Waals surface area contributed by atoms with Crippen LogP contribution in [-0.2, 0) is 6.54 Å². The van der Waals surface area contributed by atoms with E-state index in [-0.39, 0.29) is 11.5 Å². The molecule has 22 heavy (non-hydrogen) atoms. The van der Waals surface area contributed by atoms with Crippen molar-refractivity contribution in [1.29, 1.82) is 0 Å². The molecule has 2 aromatic heterocycles. The molecule has 0 saturated heterocycles. The monoisotopic (exact) mass is 337 g/mol. The summed E-state index contributed by atoms with van der Waals surface area (Å²) in [7, 11) is 0. The number of anilines is 1. The first-order valence-corrected chi connectivity index (χ1v) is 7.62. The molecule has 1 aromatic carbocycles. The molecule has 0 atom stereocenters. The Bertz CT molecular complexity index is 812. The lowest BCUT2D eigenvalue weighted by atomic mass is 10.2. The highest BCUT2D eigenvalue weighted by atomic mass is 35.5. The first-order valence-electron chi connectivity index (χ1n) is 6.61. The molecule has 0 aliphatic rings. The summed E-state index contributed by atoms with van der Waals surface area (Å²) in [6.45, 7) is 2.38. The molecule has 3 aromatic rings. The fraction of sp³-hybridized carbons (Fsp3) is 0.214. The highest BCUT2D eigenvalue weighted by molar-refractivity contribution is 7.80. The van der Waals surface area contributed by atoms with Crippen LogP contribution in [0, 0.1) is 0 Å². The van der Waals surface area contributed by atoms with Crippen molar-refractivity contribution in [2.24, 2.45) is 0 Å². The van der Waals surface area contributed by atoms with Crippen LogP contribution in [0.25, 0.3) is 11.2 Å². The van der Waals surface area contributed by atoms with Gasteiger partial charge in [0.05, 0.1) is 6.54 Å². The smallest absolute Gasteiger partial charge is 0.328 e. The van der Waals surface area contributed by atoms with Gasteiger partial charge in [0, 0.05) is 5.02 Å². The van der Waals surface area contributed by atoms with Crippen LogP contribution in [0.15, 0.2) is 35.4 Å². The van der Waals surface area contributed by atoms with Gasteiger partial charge < -0.3 is 10.7 Å². The number of thiol groups is 1. The van der Waals surface area contributed by atoms with Gasteiger partial charge in [0.25, 0.3) is 0 Å². The molecule has 0 bridgehead atoms. The molecule has 3 rings (SSSR count).